The number of hydroxylamine groups is 1. The molecule has 1 fully saturated rings. The van der Waals surface area contributed by atoms with Gasteiger partial charge >= 0.3 is 0 Å². The molecule has 1 aromatic rings. The van der Waals surface area contributed by atoms with E-state index in [1.807, 2.05) is 10.8 Å². The first-order valence-electron chi connectivity index (χ1n) is 4.84. The van der Waals surface area contributed by atoms with Crippen molar-refractivity contribution >= 4 is 17.2 Å². The maximum absolute atomic E-state index is 11.4. The van der Waals surface area contributed by atoms with Crippen molar-refractivity contribution < 1.29 is 9.63 Å². The van der Waals surface area contributed by atoms with Crippen LogP contribution in [0.4, 0.5) is 0 Å². The van der Waals surface area contributed by atoms with Crippen molar-refractivity contribution in [3.63, 3.8) is 0 Å². The summed E-state index contributed by atoms with van der Waals surface area (Å²) in [5.41, 5.74) is 3.17. The van der Waals surface area contributed by atoms with E-state index >= 15 is 0 Å². The Bertz CT molecular complexity index is 291. The van der Waals surface area contributed by atoms with Gasteiger partial charge in [-0.05, 0) is 24.3 Å². The molecule has 0 aliphatic heterocycles. The summed E-state index contributed by atoms with van der Waals surface area (Å²) in [7, 11) is 0. The number of carbonyl (C=O) groups excluding carboxylic acids is 1. The molecule has 1 aliphatic carbocycles. The third kappa shape index (κ3) is 2.33. The SMILES string of the molecule is O=C(NOC1CCCC1)c1ccsc1. The molecular formula is C10H13NO2S. The average Bonchev–Trinajstić information content (AvgIpc) is 2.87. The molecule has 4 heteroatoms. The van der Waals surface area contributed by atoms with Crippen LogP contribution in [0.25, 0.3) is 0 Å². The van der Waals surface area contributed by atoms with Crippen molar-refractivity contribution in [1.82, 2.24) is 5.48 Å². The van der Waals surface area contributed by atoms with E-state index in [4.69, 9.17) is 4.84 Å². The van der Waals surface area contributed by atoms with Gasteiger partial charge in [0.2, 0.25) is 0 Å². The van der Waals surface area contributed by atoms with E-state index < -0.39 is 0 Å². The van der Waals surface area contributed by atoms with Crippen LogP contribution in [-0.2, 0) is 4.84 Å². The Kier molecular flexibility index (Phi) is 3.16. The standard InChI is InChI=1S/C10H13NO2S/c12-10(8-5-6-14-7-8)11-13-9-3-1-2-4-9/h5-7,9H,1-4H2,(H,11,12). The Labute approximate surface area is 87.0 Å². The fourth-order valence-electron chi connectivity index (χ4n) is 1.60. The van der Waals surface area contributed by atoms with Crippen LogP contribution in [0.1, 0.15) is 36.0 Å². The van der Waals surface area contributed by atoms with Crippen LogP contribution in [0.5, 0.6) is 0 Å². The fourth-order valence-corrected chi connectivity index (χ4v) is 2.23. The zero-order valence-corrected chi connectivity index (χ0v) is 8.68. The molecule has 0 aromatic carbocycles. The summed E-state index contributed by atoms with van der Waals surface area (Å²) in [6.45, 7) is 0. The van der Waals surface area contributed by atoms with E-state index in [0.29, 0.717) is 5.56 Å². The van der Waals surface area contributed by atoms with Crippen LogP contribution < -0.4 is 5.48 Å². The van der Waals surface area contributed by atoms with E-state index in [0.717, 1.165) is 12.8 Å². The normalized spacial score (nSPS) is 17.1. The predicted octanol–water partition coefficient (Wildman–Crippen LogP) is 2.35. The molecule has 1 N–H and O–H groups in total. The highest BCUT2D eigenvalue weighted by Gasteiger charge is 2.17. The van der Waals surface area contributed by atoms with Crippen LogP contribution in [0.2, 0.25) is 0 Å². The molecule has 0 saturated heterocycles. The summed E-state index contributed by atoms with van der Waals surface area (Å²) in [5, 5.41) is 3.69. The van der Waals surface area contributed by atoms with Crippen LogP contribution >= 0.6 is 11.3 Å². The number of amides is 1. The molecule has 76 valence electrons. The van der Waals surface area contributed by atoms with Gasteiger partial charge < -0.3 is 0 Å². The van der Waals surface area contributed by atoms with Crippen LogP contribution in [0, 0.1) is 0 Å². The highest BCUT2D eigenvalue weighted by atomic mass is 32.1. The summed E-state index contributed by atoms with van der Waals surface area (Å²) in [6, 6.07) is 1.79. The molecule has 2 rings (SSSR count). The number of hydrogen-bond donors (Lipinski definition) is 1. The summed E-state index contributed by atoms with van der Waals surface area (Å²) in [5.74, 6) is -0.141. The zero-order valence-electron chi connectivity index (χ0n) is 7.86. The monoisotopic (exact) mass is 211 g/mol. The van der Waals surface area contributed by atoms with E-state index in [-0.39, 0.29) is 12.0 Å². The fraction of sp³-hybridized carbons (Fsp3) is 0.500. The number of thiophene rings is 1. The van der Waals surface area contributed by atoms with E-state index in [1.165, 1.54) is 24.2 Å². The van der Waals surface area contributed by atoms with Gasteiger partial charge in [0.25, 0.3) is 5.91 Å². The minimum atomic E-state index is -0.141. The lowest BCUT2D eigenvalue weighted by Crippen LogP contribution is -2.27. The lowest BCUT2D eigenvalue weighted by molar-refractivity contribution is -0.0124. The lowest BCUT2D eigenvalue weighted by atomic mass is 10.3. The van der Waals surface area contributed by atoms with Gasteiger partial charge in [0.15, 0.2) is 0 Å². The third-order valence-corrected chi connectivity index (χ3v) is 3.09. The maximum atomic E-state index is 11.4. The number of rotatable bonds is 3. The molecule has 0 spiro atoms. The van der Waals surface area contributed by atoms with Crippen LogP contribution in [0.15, 0.2) is 16.8 Å². The van der Waals surface area contributed by atoms with Crippen molar-refractivity contribution in [3.8, 4) is 0 Å². The smallest absolute Gasteiger partial charge is 0.270 e. The second-order valence-electron chi connectivity index (χ2n) is 3.47. The number of hydrogen-bond acceptors (Lipinski definition) is 3. The molecule has 0 atom stereocenters. The molecule has 0 bridgehead atoms. The minimum absolute atomic E-state index is 0.141. The highest BCUT2D eigenvalue weighted by molar-refractivity contribution is 7.08. The molecule has 1 aromatic heterocycles. The number of nitrogens with one attached hydrogen (secondary N) is 1. The molecule has 3 nitrogen and oxygen atoms in total. The quantitative estimate of drug-likeness (QED) is 0.779. The molecular weight excluding hydrogens is 198 g/mol. The Morgan fingerprint density at radius 3 is 2.93 bits per heavy atom. The van der Waals surface area contributed by atoms with Gasteiger partial charge in [-0.25, -0.2) is 5.48 Å². The molecule has 0 unspecified atom stereocenters. The molecule has 1 heterocycles. The van der Waals surface area contributed by atoms with Crippen molar-refractivity contribution in [1.29, 1.82) is 0 Å². The predicted molar refractivity (Wildman–Crippen MR) is 55.1 cm³/mol. The summed E-state index contributed by atoms with van der Waals surface area (Å²) in [4.78, 5) is 16.7. The second-order valence-corrected chi connectivity index (χ2v) is 4.25. The van der Waals surface area contributed by atoms with Crippen LogP contribution in [-0.4, -0.2) is 12.0 Å². The first-order valence-corrected chi connectivity index (χ1v) is 5.79. The molecule has 0 radical (unpaired) electrons. The Morgan fingerprint density at radius 1 is 1.50 bits per heavy atom. The molecule has 1 aliphatic rings. The van der Waals surface area contributed by atoms with Gasteiger partial charge in [-0.15, -0.1) is 0 Å². The second kappa shape index (κ2) is 4.57. The summed E-state index contributed by atoms with van der Waals surface area (Å²) < 4.78 is 0. The lowest BCUT2D eigenvalue weighted by Gasteiger charge is -2.10. The summed E-state index contributed by atoms with van der Waals surface area (Å²) >= 11 is 1.51. The van der Waals surface area contributed by atoms with E-state index in [1.54, 1.807) is 6.07 Å². The number of carbonyl (C=O) groups is 1. The zero-order chi connectivity index (χ0) is 9.80. The van der Waals surface area contributed by atoms with Gasteiger partial charge in [-0.2, -0.15) is 11.3 Å². The topological polar surface area (TPSA) is 38.3 Å². The first kappa shape index (κ1) is 9.68. The van der Waals surface area contributed by atoms with Crippen molar-refractivity contribution in [3.05, 3.63) is 22.4 Å². The first-order chi connectivity index (χ1) is 6.86. The Morgan fingerprint density at radius 2 is 2.29 bits per heavy atom. The Hall–Kier alpha value is -0.870. The molecule has 14 heavy (non-hydrogen) atoms. The van der Waals surface area contributed by atoms with E-state index in [2.05, 4.69) is 5.48 Å². The summed E-state index contributed by atoms with van der Waals surface area (Å²) in [6.07, 6.45) is 4.75. The highest BCUT2D eigenvalue weighted by Crippen LogP contribution is 2.20. The van der Waals surface area contributed by atoms with Gasteiger partial charge in [0.1, 0.15) is 0 Å². The van der Waals surface area contributed by atoms with Gasteiger partial charge in [-0.1, -0.05) is 12.8 Å². The average molecular weight is 211 g/mol. The maximum Gasteiger partial charge on any atom is 0.275 e. The third-order valence-electron chi connectivity index (χ3n) is 2.40. The molecule has 1 amide bonds. The van der Waals surface area contributed by atoms with Gasteiger partial charge in [-0.3, -0.25) is 9.63 Å². The van der Waals surface area contributed by atoms with Crippen molar-refractivity contribution in [2.75, 3.05) is 0 Å². The van der Waals surface area contributed by atoms with Gasteiger partial charge in [0.05, 0.1) is 11.7 Å². The van der Waals surface area contributed by atoms with Gasteiger partial charge in [0, 0.05) is 5.38 Å². The van der Waals surface area contributed by atoms with Crippen molar-refractivity contribution in [2.45, 2.75) is 31.8 Å². The Balaban J connectivity index is 1.78. The molecule has 1 saturated carbocycles. The van der Waals surface area contributed by atoms with Crippen LogP contribution in [0.3, 0.4) is 0 Å². The van der Waals surface area contributed by atoms with E-state index in [9.17, 15) is 4.79 Å². The largest absolute Gasteiger partial charge is 0.275 e. The van der Waals surface area contributed by atoms with Crippen molar-refractivity contribution in [2.24, 2.45) is 0 Å². The minimum Gasteiger partial charge on any atom is -0.270 e.